The first-order valence-corrected chi connectivity index (χ1v) is 6.31. The Morgan fingerprint density at radius 3 is 2.52 bits per heavy atom. The van der Waals surface area contributed by atoms with Crippen LogP contribution < -0.4 is 10.6 Å². The van der Waals surface area contributed by atoms with E-state index in [9.17, 15) is 22.8 Å². The van der Waals surface area contributed by atoms with E-state index in [1.165, 1.54) is 5.32 Å². The number of carbonyl (C=O) groups is 2. The lowest BCUT2D eigenvalue weighted by Gasteiger charge is -2.08. The Morgan fingerprint density at radius 2 is 1.87 bits per heavy atom. The maximum absolute atomic E-state index is 11.9. The van der Waals surface area contributed by atoms with Gasteiger partial charge in [0.2, 0.25) is 5.82 Å². The Hall–Kier alpha value is -2.98. The zero-order valence-electron chi connectivity index (χ0n) is 11.5. The molecule has 0 bridgehead atoms. The van der Waals surface area contributed by atoms with Crippen molar-refractivity contribution < 1.29 is 22.8 Å². The molecule has 1 aromatic carbocycles. The fourth-order valence-electron chi connectivity index (χ4n) is 1.53. The smallest absolute Gasteiger partial charge is 0.329 e. The van der Waals surface area contributed by atoms with E-state index < -0.39 is 31.2 Å². The van der Waals surface area contributed by atoms with Crippen LogP contribution in [0.5, 0.6) is 0 Å². The number of halogens is 3. The fourth-order valence-corrected chi connectivity index (χ4v) is 1.53. The Balaban J connectivity index is 1.86. The first-order chi connectivity index (χ1) is 10.8. The third-order valence-electron chi connectivity index (χ3n) is 2.47. The van der Waals surface area contributed by atoms with Crippen LogP contribution in [-0.2, 0) is 11.3 Å². The van der Waals surface area contributed by atoms with Gasteiger partial charge in [-0.2, -0.15) is 18.0 Å². The molecule has 1 aromatic heterocycles. The van der Waals surface area contributed by atoms with Gasteiger partial charge < -0.3 is 5.32 Å². The molecule has 2 rings (SSSR count). The molecular formula is C12H11F3N6O2. The van der Waals surface area contributed by atoms with Gasteiger partial charge in [0.05, 0.1) is 0 Å². The molecule has 11 heteroatoms. The van der Waals surface area contributed by atoms with E-state index in [0.29, 0.717) is 5.56 Å². The number of urea groups is 1. The minimum absolute atomic E-state index is 0.278. The summed E-state index contributed by atoms with van der Waals surface area (Å²) in [6.07, 6.45) is -4.56. The first-order valence-electron chi connectivity index (χ1n) is 6.31. The van der Waals surface area contributed by atoms with Crippen LogP contribution >= 0.6 is 0 Å². The highest BCUT2D eigenvalue weighted by Gasteiger charge is 2.28. The molecule has 0 fully saturated rings. The van der Waals surface area contributed by atoms with Crippen molar-refractivity contribution >= 4 is 11.9 Å². The van der Waals surface area contributed by atoms with Crippen LogP contribution in [0.25, 0.3) is 11.4 Å². The summed E-state index contributed by atoms with van der Waals surface area (Å²) in [5.74, 6) is -0.596. The summed E-state index contributed by atoms with van der Waals surface area (Å²) in [4.78, 5) is 23.5. The van der Waals surface area contributed by atoms with Gasteiger partial charge in [-0.05, 0) is 5.21 Å². The van der Waals surface area contributed by atoms with Crippen molar-refractivity contribution in [1.29, 1.82) is 0 Å². The molecule has 0 radical (unpaired) electrons. The number of benzene rings is 1. The van der Waals surface area contributed by atoms with Crippen molar-refractivity contribution in [2.45, 2.75) is 12.7 Å². The number of imide groups is 1. The van der Waals surface area contributed by atoms with Crippen LogP contribution in [0.1, 0.15) is 0 Å². The van der Waals surface area contributed by atoms with Gasteiger partial charge in [-0.3, -0.25) is 10.1 Å². The zero-order valence-corrected chi connectivity index (χ0v) is 11.5. The standard InChI is InChI=1S/C12H11F3N6O2/c13-12(14,15)7-16-11(23)17-9(22)6-21-19-10(18-20-21)8-4-2-1-3-5-8/h1-5H,6-7H2,(H2,16,17,22,23). The van der Waals surface area contributed by atoms with E-state index >= 15 is 0 Å². The van der Waals surface area contributed by atoms with Gasteiger partial charge >= 0.3 is 12.2 Å². The Labute approximate surface area is 127 Å². The summed E-state index contributed by atoms with van der Waals surface area (Å²) < 4.78 is 35.7. The maximum Gasteiger partial charge on any atom is 0.405 e. The van der Waals surface area contributed by atoms with Crippen molar-refractivity contribution in [3.05, 3.63) is 30.3 Å². The second-order valence-electron chi connectivity index (χ2n) is 4.36. The molecule has 0 saturated heterocycles. The first kappa shape index (κ1) is 16.4. The molecule has 2 aromatic rings. The largest absolute Gasteiger partial charge is 0.405 e. The molecule has 1 heterocycles. The minimum atomic E-state index is -4.56. The lowest BCUT2D eigenvalue weighted by molar-refractivity contribution is -0.125. The van der Waals surface area contributed by atoms with E-state index in [2.05, 4.69) is 15.4 Å². The van der Waals surface area contributed by atoms with Gasteiger partial charge in [-0.15, -0.1) is 10.2 Å². The number of carbonyl (C=O) groups excluding carboxylic acids is 2. The van der Waals surface area contributed by atoms with E-state index in [1.807, 2.05) is 0 Å². The van der Waals surface area contributed by atoms with Gasteiger partial charge in [0.25, 0.3) is 5.91 Å². The molecule has 0 saturated carbocycles. The van der Waals surface area contributed by atoms with E-state index in [1.54, 1.807) is 35.6 Å². The summed E-state index contributed by atoms with van der Waals surface area (Å²) in [6, 6.07) is 7.58. The molecule has 0 aliphatic heterocycles. The van der Waals surface area contributed by atoms with Crippen molar-refractivity contribution in [2.24, 2.45) is 0 Å². The van der Waals surface area contributed by atoms with Crippen LogP contribution in [0.4, 0.5) is 18.0 Å². The van der Waals surface area contributed by atoms with Crippen molar-refractivity contribution in [3.63, 3.8) is 0 Å². The van der Waals surface area contributed by atoms with Crippen molar-refractivity contribution in [2.75, 3.05) is 6.54 Å². The molecule has 0 aliphatic rings. The van der Waals surface area contributed by atoms with Gasteiger partial charge in [-0.1, -0.05) is 30.3 Å². The molecule has 122 valence electrons. The molecule has 0 aliphatic carbocycles. The molecule has 0 spiro atoms. The lowest BCUT2D eigenvalue weighted by atomic mass is 10.2. The van der Waals surface area contributed by atoms with Crippen molar-refractivity contribution in [1.82, 2.24) is 30.8 Å². The highest BCUT2D eigenvalue weighted by Crippen LogP contribution is 2.12. The van der Waals surface area contributed by atoms with Crippen LogP contribution in [0, 0.1) is 0 Å². The van der Waals surface area contributed by atoms with E-state index in [0.717, 1.165) is 4.80 Å². The Morgan fingerprint density at radius 1 is 1.17 bits per heavy atom. The SMILES string of the molecule is O=C(Cn1nnc(-c2ccccc2)n1)NC(=O)NCC(F)(F)F. The normalized spacial score (nSPS) is 11.1. The molecule has 0 unspecified atom stereocenters. The summed E-state index contributed by atoms with van der Waals surface area (Å²) in [7, 11) is 0. The summed E-state index contributed by atoms with van der Waals surface area (Å²) in [5, 5.41) is 14.5. The van der Waals surface area contributed by atoms with Crippen LogP contribution in [-0.4, -0.2) is 44.9 Å². The molecule has 2 N–H and O–H groups in total. The predicted molar refractivity (Wildman–Crippen MR) is 70.8 cm³/mol. The molecular weight excluding hydrogens is 317 g/mol. The number of rotatable bonds is 4. The average Bonchev–Trinajstić information content (AvgIpc) is 2.93. The average molecular weight is 328 g/mol. The predicted octanol–water partition coefficient (Wildman–Crippen LogP) is 0.728. The molecule has 0 atom stereocenters. The van der Waals surface area contributed by atoms with Gasteiger partial charge in [0.15, 0.2) is 0 Å². The fraction of sp³-hybridized carbons (Fsp3) is 0.250. The lowest BCUT2D eigenvalue weighted by Crippen LogP contribution is -2.44. The third kappa shape index (κ3) is 5.37. The van der Waals surface area contributed by atoms with Crippen LogP contribution in [0.2, 0.25) is 0 Å². The van der Waals surface area contributed by atoms with Gasteiger partial charge in [0.1, 0.15) is 13.1 Å². The maximum atomic E-state index is 11.9. The van der Waals surface area contributed by atoms with Crippen molar-refractivity contribution in [3.8, 4) is 11.4 Å². The number of amides is 3. The number of alkyl halides is 3. The van der Waals surface area contributed by atoms with Crippen LogP contribution in [0.3, 0.4) is 0 Å². The number of hydrogen-bond donors (Lipinski definition) is 2. The Kier molecular flexibility index (Phi) is 4.88. The third-order valence-corrected chi connectivity index (χ3v) is 2.47. The topological polar surface area (TPSA) is 102 Å². The summed E-state index contributed by atoms with van der Waals surface area (Å²) in [6.45, 7) is -1.99. The number of hydrogen-bond acceptors (Lipinski definition) is 5. The van der Waals surface area contributed by atoms with Crippen LogP contribution in [0.15, 0.2) is 30.3 Å². The number of tetrazole rings is 1. The second kappa shape index (κ2) is 6.85. The monoisotopic (exact) mass is 328 g/mol. The highest BCUT2D eigenvalue weighted by atomic mass is 19.4. The molecule has 8 nitrogen and oxygen atoms in total. The number of nitrogens with one attached hydrogen (secondary N) is 2. The van der Waals surface area contributed by atoms with E-state index in [4.69, 9.17) is 0 Å². The summed E-state index contributed by atoms with van der Waals surface area (Å²) >= 11 is 0. The number of nitrogens with zero attached hydrogens (tertiary/aromatic N) is 4. The molecule has 23 heavy (non-hydrogen) atoms. The minimum Gasteiger partial charge on any atom is -0.329 e. The number of aromatic nitrogens is 4. The van der Waals surface area contributed by atoms with Gasteiger partial charge in [-0.25, -0.2) is 4.79 Å². The summed E-state index contributed by atoms with van der Waals surface area (Å²) in [5.41, 5.74) is 0.682. The highest BCUT2D eigenvalue weighted by molar-refractivity contribution is 5.94. The Bertz CT molecular complexity index is 686. The van der Waals surface area contributed by atoms with E-state index in [-0.39, 0.29) is 5.82 Å². The molecule has 3 amide bonds. The van der Waals surface area contributed by atoms with Gasteiger partial charge in [0, 0.05) is 5.56 Å². The zero-order chi connectivity index (χ0) is 16.9. The second-order valence-corrected chi connectivity index (χ2v) is 4.36. The quantitative estimate of drug-likeness (QED) is 0.861.